The Labute approximate surface area is 139 Å². The van der Waals surface area contributed by atoms with Crippen LogP contribution in [-0.2, 0) is 4.79 Å². The zero-order valence-corrected chi connectivity index (χ0v) is 13.2. The first-order chi connectivity index (χ1) is 11.1. The van der Waals surface area contributed by atoms with Gasteiger partial charge in [-0.25, -0.2) is 4.98 Å². The summed E-state index contributed by atoms with van der Waals surface area (Å²) in [5.74, 6) is 0.192. The largest absolute Gasteiger partial charge is 0.427 e. The quantitative estimate of drug-likeness (QED) is 0.504. The SMILES string of the molecule is CC(=O)Oc1cccc(C=Cc2ccc3ccc(Cl)cc3n2)c1. The van der Waals surface area contributed by atoms with Gasteiger partial charge in [0.15, 0.2) is 0 Å². The van der Waals surface area contributed by atoms with Gasteiger partial charge in [0.1, 0.15) is 5.75 Å². The molecular formula is C19H14ClNO2. The minimum atomic E-state index is -0.334. The average molecular weight is 324 g/mol. The molecule has 0 N–H and O–H groups in total. The van der Waals surface area contributed by atoms with E-state index in [9.17, 15) is 4.79 Å². The molecule has 0 aliphatic carbocycles. The van der Waals surface area contributed by atoms with Gasteiger partial charge >= 0.3 is 5.97 Å². The molecular weight excluding hydrogens is 310 g/mol. The Morgan fingerprint density at radius 1 is 1.09 bits per heavy atom. The Balaban J connectivity index is 1.86. The number of fused-ring (bicyclic) bond motifs is 1. The predicted octanol–water partition coefficient (Wildman–Crippen LogP) is 4.98. The summed E-state index contributed by atoms with van der Waals surface area (Å²) in [5.41, 5.74) is 2.61. The van der Waals surface area contributed by atoms with Crippen molar-refractivity contribution in [2.45, 2.75) is 6.92 Å². The van der Waals surface area contributed by atoms with Crippen molar-refractivity contribution in [3.63, 3.8) is 0 Å². The van der Waals surface area contributed by atoms with Crippen LogP contribution in [0.1, 0.15) is 18.2 Å². The number of esters is 1. The summed E-state index contributed by atoms with van der Waals surface area (Å²) < 4.78 is 5.07. The Morgan fingerprint density at radius 2 is 1.91 bits per heavy atom. The number of halogens is 1. The van der Waals surface area contributed by atoms with Gasteiger partial charge in [-0.1, -0.05) is 41.9 Å². The van der Waals surface area contributed by atoms with E-state index in [-0.39, 0.29) is 5.97 Å². The lowest BCUT2D eigenvalue weighted by Crippen LogP contribution is -2.00. The molecule has 0 spiro atoms. The Bertz CT molecular complexity index is 903. The van der Waals surface area contributed by atoms with E-state index in [1.54, 1.807) is 12.1 Å². The molecule has 3 nitrogen and oxygen atoms in total. The number of aromatic nitrogens is 1. The van der Waals surface area contributed by atoms with E-state index in [0.29, 0.717) is 10.8 Å². The fourth-order valence-corrected chi connectivity index (χ4v) is 2.39. The molecule has 0 radical (unpaired) electrons. The minimum Gasteiger partial charge on any atom is -0.427 e. The zero-order chi connectivity index (χ0) is 16.2. The van der Waals surface area contributed by atoms with Gasteiger partial charge < -0.3 is 4.74 Å². The fourth-order valence-electron chi connectivity index (χ4n) is 2.23. The zero-order valence-electron chi connectivity index (χ0n) is 12.5. The summed E-state index contributed by atoms with van der Waals surface area (Å²) in [5, 5.41) is 1.71. The molecule has 1 aromatic heterocycles. The molecule has 2 aromatic carbocycles. The van der Waals surface area contributed by atoms with Crippen LogP contribution in [0.5, 0.6) is 5.75 Å². The van der Waals surface area contributed by atoms with Crippen molar-refractivity contribution in [3.8, 4) is 5.75 Å². The molecule has 0 aliphatic rings. The van der Waals surface area contributed by atoms with Crippen LogP contribution in [0.3, 0.4) is 0 Å². The average Bonchev–Trinajstić information content (AvgIpc) is 2.52. The number of hydrogen-bond acceptors (Lipinski definition) is 3. The van der Waals surface area contributed by atoms with Gasteiger partial charge in [-0.2, -0.15) is 0 Å². The second-order valence-corrected chi connectivity index (χ2v) is 5.51. The van der Waals surface area contributed by atoms with E-state index in [1.165, 1.54) is 6.92 Å². The van der Waals surface area contributed by atoms with Gasteiger partial charge in [0.05, 0.1) is 11.2 Å². The van der Waals surface area contributed by atoms with Crippen LogP contribution < -0.4 is 4.74 Å². The van der Waals surface area contributed by atoms with Gasteiger partial charge in [0.2, 0.25) is 0 Å². The first-order valence-electron chi connectivity index (χ1n) is 7.13. The van der Waals surface area contributed by atoms with Crippen LogP contribution in [0.2, 0.25) is 5.02 Å². The highest BCUT2D eigenvalue weighted by Crippen LogP contribution is 2.19. The van der Waals surface area contributed by atoms with Crippen molar-refractivity contribution in [3.05, 3.63) is 70.9 Å². The molecule has 0 saturated carbocycles. The molecule has 23 heavy (non-hydrogen) atoms. The summed E-state index contributed by atoms with van der Waals surface area (Å²) in [7, 11) is 0. The number of carbonyl (C=O) groups excluding carboxylic acids is 1. The van der Waals surface area contributed by atoms with Gasteiger partial charge in [-0.15, -0.1) is 0 Å². The highest BCUT2D eigenvalue weighted by molar-refractivity contribution is 6.31. The Kier molecular flexibility index (Phi) is 4.40. The van der Waals surface area contributed by atoms with Crippen LogP contribution in [0.25, 0.3) is 23.1 Å². The molecule has 0 fully saturated rings. The van der Waals surface area contributed by atoms with Crippen molar-refractivity contribution in [1.29, 1.82) is 0 Å². The molecule has 114 valence electrons. The van der Waals surface area contributed by atoms with E-state index in [4.69, 9.17) is 16.3 Å². The van der Waals surface area contributed by atoms with Crippen LogP contribution in [0, 0.1) is 0 Å². The number of nitrogens with zero attached hydrogens (tertiary/aromatic N) is 1. The molecule has 4 heteroatoms. The second-order valence-electron chi connectivity index (χ2n) is 5.07. The smallest absolute Gasteiger partial charge is 0.308 e. The van der Waals surface area contributed by atoms with E-state index in [0.717, 1.165) is 22.2 Å². The first-order valence-corrected chi connectivity index (χ1v) is 7.51. The minimum absolute atomic E-state index is 0.334. The highest BCUT2D eigenvalue weighted by atomic mass is 35.5. The van der Waals surface area contributed by atoms with Gasteiger partial charge in [-0.3, -0.25) is 4.79 Å². The third-order valence-electron chi connectivity index (χ3n) is 3.24. The number of ether oxygens (including phenoxy) is 1. The van der Waals surface area contributed by atoms with Crippen molar-refractivity contribution < 1.29 is 9.53 Å². The van der Waals surface area contributed by atoms with Gasteiger partial charge in [0.25, 0.3) is 0 Å². The van der Waals surface area contributed by atoms with Crippen LogP contribution in [0.4, 0.5) is 0 Å². The Hall–Kier alpha value is -2.65. The molecule has 0 bridgehead atoms. The molecule has 1 heterocycles. The molecule has 0 atom stereocenters. The molecule has 3 aromatic rings. The first kappa shape index (κ1) is 15.3. The normalized spacial score (nSPS) is 11.0. The molecule has 0 amide bonds. The highest BCUT2D eigenvalue weighted by Gasteiger charge is 1.99. The van der Waals surface area contributed by atoms with Crippen molar-refractivity contribution in [1.82, 2.24) is 4.98 Å². The summed E-state index contributed by atoms with van der Waals surface area (Å²) >= 11 is 6.00. The van der Waals surface area contributed by atoms with E-state index < -0.39 is 0 Å². The third kappa shape index (κ3) is 3.96. The molecule has 0 aliphatic heterocycles. The van der Waals surface area contributed by atoms with Crippen LogP contribution >= 0.6 is 11.6 Å². The van der Waals surface area contributed by atoms with Gasteiger partial charge in [0, 0.05) is 17.3 Å². The number of rotatable bonds is 3. The number of hydrogen-bond donors (Lipinski definition) is 0. The van der Waals surface area contributed by atoms with Crippen LogP contribution in [0.15, 0.2) is 54.6 Å². The van der Waals surface area contributed by atoms with Crippen molar-refractivity contribution in [2.75, 3.05) is 0 Å². The number of pyridine rings is 1. The summed E-state index contributed by atoms with van der Waals surface area (Å²) in [6.07, 6.45) is 3.83. The van der Waals surface area contributed by atoms with Gasteiger partial charge in [-0.05, 0) is 42.0 Å². The maximum Gasteiger partial charge on any atom is 0.308 e. The monoisotopic (exact) mass is 323 g/mol. The standard InChI is InChI=1S/C19H14ClNO2/c1-13(22)23-18-4-2-3-14(11-18)5-9-17-10-7-15-6-8-16(20)12-19(15)21-17/h2-12H,1H3. The predicted molar refractivity (Wildman–Crippen MR) is 93.4 cm³/mol. The molecule has 3 rings (SSSR count). The van der Waals surface area contributed by atoms with E-state index in [2.05, 4.69) is 4.98 Å². The summed E-state index contributed by atoms with van der Waals surface area (Å²) in [6, 6.07) is 16.9. The maximum atomic E-state index is 11.0. The second kappa shape index (κ2) is 6.63. The lowest BCUT2D eigenvalue weighted by atomic mass is 10.1. The number of carbonyl (C=O) groups is 1. The molecule has 0 saturated heterocycles. The van der Waals surface area contributed by atoms with E-state index >= 15 is 0 Å². The Morgan fingerprint density at radius 3 is 2.74 bits per heavy atom. The summed E-state index contributed by atoms with van der Waals surface area (Å²) in [6.45, 7) is 1.38. The summed E-state index contributed by atoms with van der Waals surface area (Å²) in [4.78, 5) is 15.6. The van der Waals surface area contributed by atoms with Crippen molar-refractivity contribution in [2.24, 2.45) is 0 Å². The lowest BCUT2D eigenvalue weighted by Gasteiger charge is -2.02. The van der Waals surface area contributed by atoms with Crippen LogP contribution in [-0.4, -0.2) is 11.0 Å². The third-order valence-corrected chi connectivity index (χ3v) is 3.48. The molecule has 0 unspecified atom stereocenters. The fraction of sp³-hybridized carbons (Fsp3) is 0.0526. The lowest BCUT2D eigenvalue weighted by molar-refractivity contribution is -0.131. The number of benzene rings is 2. The maximum absolute atomic E-state index is 11.0. The van der Waals surface area contributed by atoms with E-state index in [1.807, 2.05) is 54.6 Å². The topological polar surface area (TPSA) is 39.2 Å². The van der Waals surface area contributed by atoms with Crippen molar-refractivity contribution >= 4 is 40.6 Å².